The molecule has 5 aromatic rings. The van der Waals surface area contributed by atoms with E-state index in [1.165, 1.54) is 6.92 Å². The quantitative estimate of drug-likeness (QED) is 0.0380. The molecule has 0 aliphatic carbocycles. The molecule has 0 radical (unpaired) electrons. The van der Waals surface area contributed by atoms with E-state index in [1.807, 2.05) is 91.0 Å². The van der Waals surface area contributed by atoms with Gasteiger partial charge in [0.1, 0.15) is 0 Å². The van der Waals surface area contributed by atoms with Gasteiger partial charge in [0.15, 0.2) is 6.29 Å². The number of nitrogens with two attached hydrogens (primary N) is 1. The number of carbonyl (C=O) groups excluding carboxylic acids is 3. The Morgan fingerprint density at radius 3 is 2.20 bits per heavy atom. The maximum atomic E-state index is 12.7. The molecule has 0 unspecified atom stereocenters. The number of thioether (sulfide) groups is 1. The number of ether oxygens (including phenoxy) is 2. The zero-order valence-electron chi connectivity index (χ0n) is 31.4. The van der Waals surface area contributed by atoms with Gasteiger partial charge in [0.2, 0.25) is 17.7 Å². The van der Waals surface area contributed by atoms with E-state index in [-0.39, 0.29) is 36.5 Å². The van der Waals surface area contributed by atoms with Crippen molar-refractivity contribution in [2.45, 2.75) is 75.6 Å². The summed E-state index contributed by atoms with van der Waals surface area (Å²) in [4.78, 5) is 37.5. The first-order chi connectivity index (χ1) is 27.2. The summed E-state index contributed by atoms with van der Waals surface area (Å²) in [5.74, 6) is 0.412. The first kappa shape index (κ1) is 40.2. The molecule has 0 spiro atoms. The molecule has 1 aliphatic rings. The van der Waals surface area contributed by atoms with Crippen molar-refractivity contribution in [2.75, 3.05) is 22.1 Å². The number of hydrogen-bond donors (Lipinski definition) is 5. The second-order valence-corrected chi connectivity index (χ2v) is 14.9. The highest BCUT2D eigenvalue weighted by Crippen LogP contribution is 2.40. The summed E-state index contributed by atoms with van der Waals surface area (Å²) in [7, 11) is 0. The number of nitrogen functional groups attached to an aromatic ring is 1. The Morgan fingerprint density at radius 2 is 1.46 bits per heavy atom. The summed E-state index contributed by atoms with van der Waals surface area (Å²) in [5.41, 5.74) is 13.5. The Labute approximate surface area is 332 Å². The molecule has 5 aromatic carbocycles. The van der Waals surface area contributed by atoms with Gasteiger partial charge >= 0.3 is 0 Å². The summed E-state index contributed by atoms with van der Waals surface area (Å²) >= 11 is 1.69. The first-order valence-corrected chi connectivity index (χ1v) is 19.8. The maximum Gasteiger partial charge on any atom is 0.224 e. The lowest BCUT2D eigenvalue weighted by atomic mass is 9.99. The molecule has 0 aromatic heterocycles. The van der Waals surface area contributed by atoms with Crippen molar-refractivity contribution in [2.24, 2.45) is 0 Å². The molecular weight excluding hydrogens is 725 g/mol. The molecule has 56 heavy (non-hydrogen) atoms. The summed E-state index contributed by atoms with van der Waals surface area (Å²) < 4.78 is 13.2. The number of unbranched alkanes of at least 4 members (excludes halogenated alkanes) is 1. The monoisotopic (exact) mass is 772 g/mol. The number of para-hydroxylation sites is 2. The van der Waals surface area contributed by atoms with Crippen molar-refractivity contribution in [1.82, 2.24) is 5.32 Å². The topological polar surface area (TPSA) is 152 Å². The molecule has 1 heterocycles. The third kappa shape index (κ3) is 11.8. The predicted molar refractivity (Wildman–Crippen MR) is 222 cm³/mol. The SMILES string of the molecule is CC(=O)Nc1ccc(SC[C@H]2C[C@@H](c3ccc(CO)cc3)O[C@@H](c3cccc(-c4cccc(CNC(=O)CCCCC(=O)Nc5ccccc5N)c4)c3)O2)cc1. The minimum atomic E-state index is -0.607. The summed E-state index contributed by atoms with van der Waals surface area (Å²) in [6.45, 7) is 1.86. The molecule has 6 rings (SSSR count). The van der Waals surface area contributed by atoms with E-state index in [0.29, 0.717) is 55.8 Å². The van der Waals surface area contributed by atoms with E-state index in [9.17, 15) is 19.5 Å². The molecule has 1 saturated heterocycles. The van der Waals surface area contributed by atoms with Crippen molar-refractivity contribution in [1.29, 1.82) is 0 Å². The van der Waals surface area contributed by atoms with Crippen molar-refractivity contribution >= 4 is 46.5 Å². The molecule has 1 fully saturated rings. The lowest BCUT2D eigenvalue weighted by Gasteiger charge is -2.36. The number of amides is 3. The van der Waals surface area contributed by atoms with Crippen LogP contribution in [-0.2, 0) is 37.0 Å². The van der Waals surface area contributed by atoms with Gasteiger partial charge in [-0.25, -0.2) is 0 Å². The largest absolute Gasteiger partial charge is 0.397 e. The maximum absolute atomic E-state index is 12.7. The van der Waals surface area contributed by atoms with Crippen LogP contribution in [0.15, 0.2) is 126 Å². The van der Waals surface area contributed by atoms with Gasteiger partial charge in [-0.15, -0.1) is 11.8 Å². The summed E-state index contributed by atoms with van der Waals surface area (Å²) in [5, 5.41) is 18.2. The Hall–Kier alpha value is -5.46. The predicted octanol–water partition coefficient (Wildman–Crippen LogP) is 8.54. The molecule has 0 bridgehead atoms. The molecular formula is C45H48N4O6S. The van der Waals surface area contributed by atoms with Gasteiger partial charge in [-0.05, 0) is 89.2 Å². The third-order valence-corrected chi connectivity index (χ3v) is 10.6. The van der Waals surface area contributed by atoms with E-state index in [1.54, 1.807) is 23.9 Å². The van der Waals surface area contributed by atoms with Crippen molar-refractivity contribution < 1.29 is 29.0 Å². The fourth-order valence-corrected chi connectivity index (χ4v) is 7.38. The van der Waals surface area contributed by atoms with Crippen LogP contribution in [0.2, 0.25) is 0 Å². The van der Waals surface area contributed by atoms with Crippen LogP contribution in [0.1, 0.15) is 73.7 Å². The van der Waals surface area contributed by atoms with Crippen LogP contribution >= 0.6 is 11.8 Å². The zero-order valence-corrected chi connectivity index (χ0v) is 32.2. The average molecular weight is 773 g/mol. The first-order valence-electron chi connectivity index (χ1n) is 18.8. The molecule has 3 atom stereocenters. The van der Waals surface area contributed by atoms with Gasteiger partial charge in [-0.3, -0.25) is 14.4 Å². The lowest BCUT2D eigenvalue weighted by molar-refractivity contribution is -0.245. The normalized spacial score (nSPS) is 16.5. The molecule has 6 N–H and O–H groups in total. The molecule has 1 aliphatic heterocycles. The van der Waals surface area contributed by atoms with Crippen molar-refractivity contribution in [3.05, 3.63) is 144 Å². The Balaban J connectivity index is 1.06. The van der Waals surface area contributed by atoms with Gasteiger partial charge in [-0.2, -0.15) is 0 Å². The van der Waals surface area contributed by atoms with Gasteiger partial charge in [0, 0.05) is 54.6 Å². The van der Waals surface area contributed by atoms with Crippen LogP contribution in [0.3, 0.4) is 0 Å². The van der Waals surface area contributed by atoms with Crippen LogP contribution in [0.4, 0.5) is 17.1 Å². The van der Waals surface area contributed by atoms with E-state index in [2.05, 4.69) is 34.1 Å². The number of hydrogen-bond acceptors (Lipinski definition) is 8. The van der Waals surface area contributed by atoms with Crippen LogP contribution in [0.5, 0.6) is 0 Å². The molecule has 3 amide bonds. The second-order valence-electron chi connectivity index (χ2n) is 13.8. The van der Waals surface area contributed by atoms with Crippen LogP contribution in [0, 0.1) is 0 Å². The number of aliphatic hydroxyl groups is 1. The zero-order chi connectivity index (χ0) is 39.3. The second kappa shape index (κ2) is 19.9. The van der Waals surface area contributed by atoms with E-state index >= 15 is 0 Å². The van der Waals surface area contributed by atoms with Gasteiger partial charge < -0.3 is 36.3 Å². The standard InChI is InChI=1S/C45H48N4O6S/c1-30(51)48-37-20-22-39(23-21-37)56-29-38-26-42(33-18-16-31(28-50)17-19-33)55-45(54-38)36-11-7-10-35(25-36)34-9-6-8-32(24-34)27-47-43(52)14-4-5-15-44(53)49-41-13-3-2-12-40(41)46/h2-3,6-13,16-25,38,42,45,50H,4-5,14-15,26-29,46H2,1H3,(H,47,52)(H,48,51)(H,49,53)/t38-,42+,45+/m1/s1. The number of aliphatic hydroxyl groups excluding tert-OH is 1. The Kier molecular flexibility index (Phi) is 14.3. The molecule has 290 valence electrons. The van der Waals surface area contributed by atoms with Crippen LogP contribution in [0.25, 0.3) is 11.1 Å². The Bertz CT molecular complexity index is 2090. The highest BCUT2D eigenvalue weighted by Gasteiger charge is 2.32. The van der Waals surface area contributed by atoms with E-state index in [4.69, 9.17) is 15.2 Å². The minimum absolute atomic E-state index is 0.0219. The van der Waals surface area contributed by atoms with Crippen molar-refractivity contribution in [3.8, 4) is 11.1 Å². The van der Waals surface area contributed by atoms with Crippen molar-refractivity contribution in [3.63, 3.8) is 0 Å². The van der Waals surface area contributed by atoms with E-state index < -0.39 is 6.29 Å². The number of benzene rings is 5. The Morgan fingerprint density at radius 1 is 0.750 bits per heavy atom. The van der Waals surface area contributed by atoms with Gasteiger partial charge in [-0.1, -0.05) is 72.8 Å². The fraction of sp³-hybridized carbons (Fsp3) is 0.267. The van der Waals surface area contributed by atoms with Crippen LogP contribution in [-0.4, -0.2) is 34.7 Å². The lowest BCUT2D eigenvalue weighted by Crippen LogP contribution is -2.31. The van der Waals surface area contributed by atoms with Crippen LogP contribution < -0.4 is 21.7 Å². The average Bonchev–Trinajstić information content (AvgIpc) is 3.22. The highest BCUT2D eigenvalue weighted by atomic mass is 32.2. The molecule has 0 saturated carbocycles. The van der Waals surface area contributed by atoms with E-state index in [0.717, 1.165) is 44.0 Å². The number of rotatable bonds is 16. The number of nitrogens with one attached hydrogen (secondary N) is 3. The summed E-state index contributed by atoms with van der Waals surface area (Å²) in [6, 6.07) is 39.0. The number of carbonyl (C=O) groups is 3. The fourth-order valence-electron chi connectivity index (χ4n) is 6.46. The highest BCUT2D eigenvalue weighted by molar-refractivity contribution is 7.99. The smallest absolute Gasteiger partial charge is 0.224 e. The third-order valence-electron chi connectivity index (χ3n) is 9.43. The molecule has 11 heteroatoms. The minimum Gasteiger partial charge on any atom is -0.397 e. The number of anilines is 3. The summed E-state index contributed by atoms with van der Waals surface area (Å²) in [6.07, 6.45) is 1.57. The van der Waals surface area contributed by atoms with Gasteiger partial charge in [0.05, 0.1) is 30.2 Å². The molecule has 10 nitrogen and oxygen atoms in total. The van der Waals surface area contributed by atoms with Gasteiger partial charge in [0.25, 0.3) is 0 Å².